The van der Waals surface area contributed by atoms with Gasteiger partial charge in [-0.3, -0.25) is 19.3 Å². The smallest absolute Gasteiger partial charge is 0.275 e. The lowest BCUT2D eigenvalue weighted by molar-refractivity contribution is -0.128. The molecule has 2 atom stereocenters. The third-order valence-corrected chi connectivity index (χ3v) is 6.56. The average Bonchev–Trinajstić information content (AvgIpc) is 3.07. The van der Waals surface area contributed by atoms with E-state index in [2.05, 4.69) is 0 Å². The molecule has 2 heterocycles. The SMILES string of the molecule is CCC(=O)N1C(=O)[C@@]2(S[C@H](C)C(=O)N2c2cccc(Cl)c2)c2ccccc21. The molecular weight excluding hydrogens is 384 g/mol. The first-order valence-corrected chi connectivity index (χ1v) is 9.92. The summed E-state index contributed by atoms with van der Waals surface area (Å²) in [7, 11) is 0. The number of hydrogen-bond acceptors (Lipinski definition) is 4. The van der Waals surface area contributed by atoms with Gasteiger partial charge >= 0.3 is 0 Å². The highest BCUT2D eigenvalue weighted by atomic mass is 35.5. The summed E-state index contributed by atoms with van der Waals surface area (Å²) in [6, 6.07) is 14.0. The van der Waals surface area contributed by atoms with Gasteiger partial charge < -0.3 is 0 Å². The van der Waals surface area contributed by atoms with Gasteiger partial charge in [0, 0.05) is 22.7 Å². The lowest BCUT2D eigenvalue weighted by atomic mass is 10.0. The lowest BCUT2D eigenvalue weighted by Gasteiger charge is -2.33. The summed E-state index contributed by atoms with van der Waals surface area (Å²) in [5.74, 6) is -0.877. The average molecular weight is 401 g/mol. The van der Waals surface area contributed by atoms with Crippen LogP contribution in [0.15, 0.2) is 48.5 Å². The van der Waals surface area contributed by atoms with Gasteiger partial charge in [-0.05, 0) is 31.2 Å². The predicted molar refractivity (Wildman–Crippen MR) is 107 cm³/mol. The van der Waals surface area contributed by atoms with E-state index in [1.807, 2.05) is 12.1 Å². The number of nitrogens with zero attached hydrogens (tertiary/aromatic N) is 2. The highest BCUT2D eigenvalue weighted by molar-refractivity contribution is 8.03. The molecule has 1 saturated heterocycles. The monoisotopic (exact) mass is 400 g/mol. The molecule has 2 aromatic carbocycles. The second-order valence-electron chi connectivity index (χ2n) is 6.46. The van der Waals surface area contributed by atoms with E-state index in [0.29, 0.717) is 22.0 Å². The van der Waals surface area contributed by atoms with Crippen LogP contribution in [0.5, 0.6) is 0 Å². The standard InChI is InChI=1S/C20H17ClN2O3S/c1-3-17(24)22-16-10-5-4-9-15(16)20(19(22)26)23(18(25)12(2)27-20)14-8-6-7-13(21)11-14/h4-12H,3H2,1-2H3/t12-,20+/m1/s1. The minimum absolute atomic E-state index is 0.184. The number of para-hydroxylation sites is 1. The fourth-order valence-corrected chi connectivity index (χ4v) is 5.38. The van der Waals surface area contributed by atoms with Crippen molar-refractivity contribution >= 4 is 52.5 Å². The first kappa shape index (κ1) is 18.1. The number of amides is 3. The summed E-state index contributed by atoms with van der Waals surface area (Å²) in [5, 5.41) is 0.0397. The summed E-state index contributed by atoms with van der Waals surface area (Å²) in [6.45, 7) is 3.49. The second kappa shape index (κ2) is 6.39. The largest absolute Gasteiger partial charge is 0.283 e. The number of hydrogen-bond donors (Lipinski definition) is 0. The predicted octanol–water partition coefficient (Wildman–Crippen LogP) is 3.94. The van der Waals surface area contributed by atoms with E-state index in [1.54, 1.807) is 50.2 Å². The van der Waals surface area contributed by atoms with Crippen LogP contribution in [0, 0.1) is 0 Å². The quantitative estimate of drug-likeness (QED) is 0.766. The van der Waals surface area contributed by atoms with Crippen molar-refractivity contribution in [1.29, 1.82) is 0 Å². The van der Waals surface area contributed by atoms with Gasteiger partial charge in [0.1, 0.15) is 0 Å². The van der Waals surface area contributed by atoms with Gasteiger partial charge in [0.05, 0.1) is 10.9 Å². The Labute approximate surface area is 166 Å². The summed E-state index contributed by atoms with van der Waals surface area (Å²) >= 11 is 7.41. The van der Waals surface area contributed by atoms with Crippen molar-refractivity contribution in [3.8, 4) is 0 Å². The maximum atomic E-state index is 13.6. The Morgan fingerprint density at radius 1 is 1.19 bits per heavy atom. The molecule has 1 fully saturated rings. The Morgan fingerprint density at radius 3 is 2.63 bits per heavy atom. The number of benzene rings is 2. The topological polar surface area (TPSA) is 57.7 Å². The molecular formula is C20H17ClN2O3S. The van der Waals surface area contributed by atoms with Crippen molar-refractivity contribution < 1.29 is 14.4 Å². The van der Waals surface area contributed by atoms with E-state index in [0.717, 1.165) is 0 Å². The van der Waals surface area contributed by atoms with Crippen LogP contribution in [0.1, 0.15) is 25.8 Å². The molecule has 0 N–H and O–H groups in total. The van der Waals surface area contributed by atoms with Crippen LogP contribution in [0.2, 0.25) is 5.02 Å². The van der Waals surface area contributed by atoms with E-state index in [-0.39, 0.29) is 18.2 Å². The Bertz CT molecular complexity index is 979. The van der Waals surface area contributed by atoms with Crippen molar-refractivity contribution in [3.05, 3.63) is 59.1 Å². The van der Waals surface area contributed by atoms with Crippen LogP contribution >= 0.6 is 23.4 Å². The van der Waals surface area contributed by atoms with Crippen molar-refractivity contribution in [2.45, 2.75) is 30.4 Å². The zero-order valence-corrected chi connectivity index (χ0v) is 16.4. The number of halogens is 1. The molecule has 2 aliphatic heterocycles. The summed E-state index contributed by atoms with van der Waals surface area (Å²) in [5.41, 5.74) is 1.73. The highest BCUT2D eigenvalue weighted by Crippen LogP contribution is 2.57. The van der Waals surface area contributed by atoms with Gasteiger partial charge in [-0.1, -0.05) is 42.8 Å². The maximum absolute atomic E-state index is 13.6. The molecule has 5 nitrogen and oxygen atoms in total. The summed E-state index contributed by atoms with van der Waals surface area (Å²) in [6.07, 6.45) is 0.196. The molecule has 1 spiro atoms. The lowest BCUT2D eigenvalue weighted by Crippen LogP contribution is -2.51. The second-order valence-corrected chi connectivity index (χ2v) is 8.43. The zero-order chi connectivity index (χ0) is 19.3. The minimum Gasteiger partial charge on any atom is -0.283 e. The molecule has 3 amide bonds. The number of anilines is 2. The zero-order valence-electron chi connectivity index (χ0n) is 14.8. The van der Waals surface area contributed by atoms with Gasteiger partial charge in [-0.2, -0.15) is 0 Å². The molecule has 0 saturated carbocycles. The number of carbonyl (C=O) groups is 3. The van der Waals surface area contributed by atoms with E-state index in [4.69, 9.17) is 11.6 Å². The molecule has 0 aliphatic carbocycles. The van der Waals surface area contributed by atoms with Gasteiger partial charge in [-0.15, -0.1) is 11.8 Å². The van der Waals surface area contributed by atoms with Crippen molar-refractivity contribution in [3.63, 3.8) is 0 Å². The Balaban J connectivity index is 1.98. The molecule has 27 heavy (non-hydrogen) atoms. The summed E-state index contributed by atoms with van der Waals surface area (Å²) in [4.78, 5) is 40.7. The molecule has 0 radical (unpaired) electrons. The van der Waals surface area contributed by atoms with Crippen LogP contribution in [0.4, 0.5) is 11.4 Å². The number of thioether (sulfide) groups is 1. The highest BCUT2D eigenvalue weighted by Gasteiger charge is 2.64. The molecule has 2 aromatic rings. The van der Waals surface area contributed by atoms with Crippen molar-refractivity contribution in [1.82, 2.24) is 0 Å². The molecule has 4 rings (SSSR count). The number of carbonyl (C=O) groups excluding carboxylic acids is 3. The van der Waals surface area contributed by atoms with E-state index < -0.39 is 16.0 Å². The van der Waals surface area contributed by atoms with Crippen LogP contribution in [-0.2, 0) is 19.3 Å². The van der Waals surface area contributed by atoms with E-state index in [1.165, 1.54) is 21.6 Å². The molecule has 7 heteroatoms. The third kappa shape index (κ3) is 2.43. The number of rotatable bonds is 2. The molecule has 0 aromatic heterocycles. The van der Waals surface area contributed by atoms with Crippen LogP contribution in [0.25, 0.3) is 0 Å². The Kier molecular flexibility index (Phi) is 4.28. The molecule has 2 aliphatic rings. The van der Waals surface area contributed by atoms with Crippen LogP contribution in [-0.4, -0.2) is 23.0 Å². The summed E-state index contributed by atoms with van der Waals surface area (Å²) < 4.78 is 0. The fourth-order valence-electron chi connectivity index (χ4n) is 3.69. The van der Waals surface area contributed by atoms with Crippen LogP contribution in [0.3, 0.4) is 0 Å². The van der Waals surface area contributed by atoms with E-state index >= 15 is 0 Å². The first-order chi connectivity index (χ1) is 12.9. The first-order valence-electron chi connectivity index (χ1n) is 8.66. The van der Waals surface area contributed by atoms with Gasteiger partial charge in [0.15, 0.2) is 0 Å². The van der Waals surface area contributed by atoms with Crippen molar-refractivity contribution in [2.24, 2.45) is 0 Å². The van der Waals surface area contributed by atoms with E-state index in [9.17, 15) is 14.4 Å². The maximum Gasteiger partial charge on any atom is 0.275 e. The minimum atomic E-state index is -1.30. The van der Waals surface area contributed by atoms with Gasteiger partial charge in [0.25, 0.3) is 5.91 Å². The molecule has 0 unspecified atom stereocenters. The normalized spacial score (nSPS) is 24.0. The Morgan fingerprint density at radius 2 is 1.93 bits per heavy atom. The van der Waals surface area contributed by atoms with Gasteiger partial charge in [0.2, 0.25) is 16.7 Å². The fraction of sp³-hybridized carbons (Fsp3) is 0.250. The van der Waals surface area contributed by atoms with Crippen molar-refractivity contribution in [2.75, 3.05) is 9.80 Å². The number of fused-ring (bicyclic) bond motifs is 2. The Hall–Kier alpha value is -2.31. The van der Waals surface area contributed by atoms with Crippen LogP contribution < -0.4 is 9.80 Å². The number of imide groups is 1. The van der Waals surface area contributed by atoms with Gasteiger partial charge in [-0.25, -0.2) is 4.90 Å². The third-order valence-electron chi connectivity index (χ3n) is 4.85. The molecule has 138 valence electrons. The molecule has 0 bridgehead atoms.